The van der Waals surface area contributed by atoms with E-state index in [0.717, 1.165) is 11.4 Å². The Bertz CT molecular complexity index is 197. The third-order valence-corrected chi connectivity index (χ3v) is 3.59. The summed E-state index contributed by atoms with van der Waals surface area (Å²) in [4.78, 5) is 0. The molecule has 0 spiro atoms. The second-order valence-corrected chi connectivity index (χ2v) is 6.46. The van der Waals surface area contributed by atoms with Crippen molar-refractivity contribution >= 4 is 35.3 Å². The highest BCUT2D eigenvalue weighted by Crippen LogP contribution is 2.56. The fourth-order valence-corrected chi connectivity index (χ4v) is 2.42. The minimum atomic E-state index is -2.48. The first kappa shape index (κ1) is 9.12. The molecule has 0 rings (SSSR count). The maximum absolute atomic E-state index is 11.0. The van der Waals surface area contributed by atoms with Crippen molar-refractivity contribution in [2.24, 2.45) is 4.76 Å². The Kier molecular flexibility index (Phi) is 4.07. The predicted octanol–water partition coefficient (Wildman–Crippen LogP) is 2.79. The van der Waals surface area contributed by atoms with Gasteiger partial charge in [0.2, 0.25) is 0 Å². The minimum Gasteiger partial charge on any atom is -0.286 e. The van der Waals surface area contributed by atoms with Gasteiger partial charge in [-0.1, -0.05) is 6.58 Å². The van der Waals surface area contributed by atoms with Crippen LogP contribution in [0.4, 0.5) is 0 Å². The average Bonchev–Trinajstić information content (AvgIpc) is 1.64. The van der Waals surface area contributed by atoms with Crippen LogP contribution in [0, 0.1) is 0 Å². The lowest BCUT2D eigenvalue weighted by Crippen LogP contribution is -1.59. The second kappa shape index (κ2) is 4.02. The molecule has 0 aliphatic rings. The summed E-state index contributed by atoms with van der Waals surface area (Å²) in [7, 11) is 0. The van der Waals surface area contributed by atoms with E-state index in [4.69, 9.17) is 0 Å². The summed E-state index contributed by atoms with van der Waals surface area (Å²) in [6, 6.07) is 0. The quantitative estimate of drug-likeness (QED) is 0.379. The molecule has 0 heterocycles. The standard InChI is InChI=1S/C4H6NOPS2/c1-3-9-7(2,6)5-4-8/h3H,1H2,2H3. The zero-order valence-electron chi connectivity index (χ0n) is 4.90. The molecule has 0 aliphatic heterocycles. The zero-order chi connectivity index (χ0) is 7.33. The molecule has 0 aromatic carbocycles. The van der Waals surface area contributed by atoms with Gasteiger partial charge in [-0.05, 0) is 29.0 Å². The molecule has 0 saturated heterocycles. The van der Waals surface area contributed by atoms with Crippen molar-refractivity contribution < 1.29 is 4.57 Å². The minimum absolute atomic E-state index is 1.08. The molecule has 5 heteroatoms. The molecule has 0 saturated carbocycles. The summed E-state index contributed by atoms with van der Waals surface area (Å²) in [6.45, 7) is 2.43. The molecule has 2 nitrogen and oxygen atoms in total. The van der Waals surface area contributed by atoms with Crippen LogP contribution in [0.2, 0.25) is 0 Å². The molecule has 0 aliphatic carbocycles. The monoisotopic (exact) mass is 179 g/mol. The first-order valence-corrected chi connectivity index (χ1v) is 6.08. The number of rotatable bonds is 3. The molecular formula is C4H6NOPS2. The number of hydrogen-bond donors (Lipinski definition) is 0. The first-order chi connectivity index (χ1) is 4.12. The van der Waals surface area contributed by atoms with Crippen LogP contribution in [0.1, 0.15) is 0 Å². The van der Waals surface area contributed by atoms with Crippen molar-refractivity contribution in [3.05, 3.63) is 12.0 Å². The molecule has 1 unspecified atom stereocenters. The summed E-state index contributed by atoms with van der Waals surface area (Å²) in [5, 5.41) is 3.55. The lowest BCUT2D eigenvalue weighted by molar-refractivity contribution is 0.589. The number of hydrogen-bond acceptors (Lipinski definition) is 3. The highest BCUT2D eigenvalue weighted by Gasteiger charge is 2.09. The van der Waals surface area contributed by atoms with Crippen LogP contribution in [-0.2, 0) is 4.57 Å². The van der Waals surface area contributed by atoms with Crippen molar-refractivity contribution in [2.45, 2.75) is 0 Å². The third kappa shape index (κ3) is 4.61. The fraction of sp³-hybridized carbons (Fsp3) is 0.250. The maximum Gasteiger partial charge on any atom is 0.253 e. The van der Waals surface area contributed by atoms with E-state index < -0.39 is 6.49 Å². The molecule has 0 fully saturated rings. The Morgan fingerprint density at radius 3 is 2.89 bits per heavy atom. The van der Waals surface area contributed by atoms with E-state index in [0.29, 0.717) is 0 Å². The van der Waals surface area contributed by atoms with Crippen LogP contribution in [0.15, 0.2) is 16.7 Å². The van der Waals surface area contributed by atoms with Crippen LogP contribution in [0.25, 0.3) is 0 Å². The van der Waals surface area contributed by atoms with Gasteiger partial charge in [-0.15, -0.1) is 0 Å². The van der Waals surface area contributed by atoms with Gasteiger partial charge in [-0.3, -0.25) is 4.57 Å². The molecule has 0 bridgehead atoms. The van der Waals surface area contributed by atoms with Crippen molar-refractivity contribution in [1.82, 2.24) is 0 Å². The molecular weight excluding hydrogens is 173 g/mol. The Hall–Kier alpha value is 0.120. The van der Waals surface area contributed by atoms with Gasteiger partial charge in [0.25, 0.3) is 6.49 Å². The predicted molar refractivity (Wildman–Crippen MR) is 46.3 cm³/mol. The van der Waals surface area contributed by atoms with Gasteiger partial charge >= 0.3 is 0 Å². The molecule has 50 valence electrons. The molecule has 0 amide bonds. The number of isothiocyanates is 1. The van der Waals surface area contributed by atoms with Crippen molar-refractivity contribution in [2.75, 3.05) is 6.66 Å². The van der Waals surface area contributed by atoms with Crippen LogP contribution in [0.3, 0.4) is 0 Å². The van der Waals surface area contributed by atoms with Gasteiger partial charge in [0, 0.05) is 6.66 Å². The van der Waals surface area contributed by atoms with E-state index in [1.165, 1.54) is 12.1 Å². The number of thiocarbonyl (C=S) groups is 1. The molecule has 0 N–H and O–H groups in total. The summed E-state index contributed by atoms with van der Waals surface area (Å²) in [5.41, 5.74) is 0. The second-order valence-electron chi connectivity index (χ2n) is 1.27. The summed E-state index contributed by atoms with van der Waals surface area (Å²) in [6.07, 6.45) is 0. The Balaban J connectivity index is 4.19. The van der Waals surface area contributed by atoms with Gasteiger partial charge in [-0.2, -0.15) is 4.76 Å². The van der Waals surface area contributed by atoms with E-state index >= 15 is 0 Å². The summed E-state index contributed by atoms with van der Waals surface area (Å²) in [5.74, 6) is 0. The largest absolute Gasteiger partial charge is 0.286 e. The molecule has 9 heavy (non-hydrogen) atoms. The van der Waals surface area contributed by atoms with Crippen LogP contribution in [0.5, 0.6) is 0 Å². The van der Waals surface area contributed by atoms with Crippen LogP contribution in [-0.4, -0.2) is 11.8 Å². The lowest BCUT2D eigenvalue weighted by Gasteiger charge is -1.96. The summed E-state index contributed by atoms with van der Waals surface area (Å²) >= 11 is 5.36. The lowest BCUT2D eigenvalue weighted by atomic mass is 11.3. The summed E-state index contributed by atoms with van der Waals surface area (Å²) < 4.78 is 14.5. The first-order valence-electron chi connectivity index (χ1n) is 2.08. The highest BCUT2D eigenvalue weighted by molar-refractivity contribution is 8.59. The van der Waals surface area contributed by atoms with E-state index in [2.05, 4.69) is 28.7 Å². The Morgan fingerprint density at radius 2 is 2.56 bits per heavy atom. The topological polar surface area (TPSA) is 29.4 Å². The SMILES string of the molecule is C=CSP(C)(=O)N=C=S. The van der Waals surface area contributed by atoms with Crippen LogP contribution >= 0.6 is 30.1 Å². The van der Waals surface area contributed by atoms with Crippen molar-refractivity contribution in [3.8, 4) is 0 Å². The van der Waals surface area contributed by atoms with E-state index in [-0.39, 0.29) is 0 Å². The molecule has 0 aromatic heterocycles. The molecule has 1 atom stereocenters. The van der Waals surface area contributed by atoms with Crippen molar-refractivity contribution in [1.29, 1.82) is 0 Å². The van der Waals surface area contributed by atoms with Crippen molar-refractivity contribution in [3.63, 3.8) is 0 Å². The van der Waals surface area contributed by atoms with E-state index in [1.54, 1.807) is 0 Å². The number of nitrogens with zero attached hydrogens (tertiary/aromatic N) is 1. The normalized spacial score (nSPS) is 15.2. The zero-order valence-corrected chi connectivity index (χ0v) is 7.43. The fourth-order valence-electron chi connectivity index (χ4n) is 0.236. The highest BCUT2D eigenvalue weighted by atomic mass is 32.7. The maximum atomic E-state index is 11.0. The molecule has 0 aromatic rings. The van der Waals surface area contributed by atoms with Gasteiger partial charge in [0.15, 0.2) is 0 Å². The molecule has 0 radical (unpaired) electrons. The Morgan fingerprint density at radius 1 is 2.00 bits per heavy atom. The smallest absolute Gasteiger partial charge is 0.253 e. The van der Waals surface area contributed by atoms with Gasteiger partial charge in [0.05, 0.1) is 5.16 Å². The third-order valence-electron chi connectivity index (χ3n) is 0.493. The van der Waals surface area contributed by atoms with E-state index in [1.807, 2.05) is 0 Å². The average molecular weight is 179 g/mol. The van der Waals surface area contributed by atoms with Gasteiger partial charge in [-0.25, -0.2) is 0 Å². The van der Waals surface area contributed by atoms with E-state index in [9.17, 15) is 4.57 Å². The van der Waals surface area contributed by atoms with Gasteiger partial charge < -0.3 is 0 Å². The van der Waals surface area contributed by atoms with Gasteiger partial charge in [0.1, 0.15) is 0 Å². The Labute approximate surface area is 63.6 Å². The van der Waals surface area contributed by atoms with Crippen LogP contribution < -0.4 is 0 Å².